The van der Waals surface area contributed by atoms with Crippen molar-refractivity contribution in [3.63, 3.8) is 0 Å². The van der Waals surface area contributed by atoms with E-state index in [0.717, 1.165) is 23.4 Å². The Balaban J connectivity index is 1.81. The van der Waals surface area contributed by atoms with Crippen LogP contribution in [0.2, 0.25) is 0 Å². The average Bonchev–Trinajstić information content (AvgIpc) is 2.83. The van der Waals surface area contributed by atoms with E-state index in [-0.39, 0.29) is 5.82 Å². The van der Waals surface area contributed by atoms with Gasteiger partial charge < -0.3 is 10.1 Å². The minimum absolute atomic E-state index is 0.339. The van der Waals surface area contributed by atoms with Gasteiger partial charge in [-0.15, -0.1) is 10.2 Å². The fourth-order valence-electron chi connectivity index (χ4n) is 2.73. The molecular weight excluding hydrogens is 351 g/mol. The number of halogens is 1. The molecule has 1 N–H and O–H groups in total. The molecule has 2 heterocycles. The van der Waals surface area contributed by atoms with Crippen molar-refractivity contribution in [3.8, 4) is 17.1 Å². The van der Waals surface area contributed by atoms with E-state index in [1.165, 1.54) is 17.8 Å². The summed E-state index contributed by atoms with van der Waals surface area (Å²) in [6, 6.07) is 14.2. The number of hydrogen-bond donors (Lipinski definition) is 1. The van der Waals surface area contributed by atoms with Crippen LogP contribution >= 0.6 is 11.8 Å². The minimum atomic E-state index is -0.709. The molecule has 4 rings (SSSR count). The van der Waals surface area contributed by atoms with Crippen LogP contribution in [0.4, 0.5) is 10.1 Å². The number of anilines is 1. The normalized spacial score (nSPS) is 15.2. The summed E-state index contributed by atoms with van der Waals surface area (Å²) in [5, 5.41) is 12.3. The Labute approximate surface area is 155 Å². The van der Waals surface area contributed by atoms with Crippen LogP contribution in [-0.2, 0) is 0 Å². The number of rotatable bonds is 4. The predicted octanol–water partition coefficient (Wildman–Crippen LogP) is 4.68. The standard InChI is InChI=1S/C19H17FN4OS/c1-2-11-26-19-22-18-16(23-24-19)13-8-4-6-10-15(13)21-17(25-18)12-7-3-5-9-14(12)20/h3-10,17,21H,2,11H2,1H3/t17-/m0/s1. The van der Waals surface area contributed by atoms with Crippen LogP contribution in [0.3, 0.4) is 0 Å². The molecule has 0 aliphatic carbocycles. The molecule has 0 amide bonds. The number of benzene rings is 2. The van der Waals surface area contributed by atoms with Crippen LogP contribution in [0.25, 0.3) is 11.3 Å². The molecule has 26 heavy (non-hydrogen) atoms. The Bertz CT molecular complexity index is 937. The van der Waals surface area contributed by atoms with Gasteiger partial charge in [0.15, 0.2) is 5.69 Å². The molecule has 3 aromatic rings. The molecule has 1 atom stereocenters. The largest absolute Gasteiger partial charge is 0.448 e. The van der Waals surface area contributed by atoms with E-state index in [1.54, 1.807) is 18.2 Å². The maximum Gasteiger partial charge on any atom is 0.247 e. The summed E-state index contributed by atoms with van der Waals surface area (Å²) in [7, 11) is 0. The fourth-order valence-corrected chi connectivity index (χ4v) is 3.36. The number of nitrogens with one attached hydrogen (secondary N) is 1. The SMILES string of the molecule is CCCSc1nnc2c(n1)O[C@@H](c1ccccc1F)Nc1ccccc1-2. The highest BCUT2D eigenvalue weighted by Crippen LogP contribution is 2.39. The third-order valence-electron chi connectivity index (χ3n) is 3.96. The first kappa shape index (κ1) is 16.8. The summed E-state index contributed by atoms with van der Waals surface area (Å²) in [6.45, 7) is 2.09. The van der Waals surface area contributed by atoms with Crippen molar-refractivity contribution >= 4 is 17.4 Å². The summed E-state index contributed by atoms with van der Waals surface area (Å²) in [5.74, 6) is 0.907. The zero-order valence-electron chi connectivity index (χ0n) is 14.1. The smallest absolute Gasteiger partial charge is 0.247 e. The van der Waals surface area contributed by atoms with Crippen molar-refractivity contribution in [1.29, 1.82) is 0 Å². The van der Waals surface area contributed by atoms with E-state index in [4.69, 9.17) is 4.74 Å². The van der Waals surface area contributed by atoms with Crippen LogP contribution in [-0.4, -0.2) is 20.9 Å². The lowest BCUT2D eigenvalue weighted by atomic mass is 10.1. The van der Waals surface area contributed by atoms with E-state index >= 15 is 0 Å². The van der Waals surface area contributed by atoms with Crippen molar-refractivity contribution in [2.75, 3.05) is 11.1 Å². The molecule has 0 bridgehead atoms. The van der Waals surface area contributed by atoms with E-state index in [0.29, 0.717) is 22.3 Å². The number of nitrogens with zero attached hydrogens (tertiary/aromatic N) is 3. The van der Waals surface area contributed by atoms with Crippen molar-refractivity contribution in [3.05, 3.63) is 59.9 Å². The Hall–Kier alpha value is -2.67. The molecule has 0 saturated carbocycles. The molecule has 0 spiro atoms. The molecule has 2 aromatic carbocycles. The van der Waals surface area contributed by atoms with Gasteiger partial charge in [-0.25, -0.2) is 4.39 Å². The maximum absolute atomic E-state index is 14.3. The lowest BCUT2D eigenvalue weighted by Gasteiger charge is -2.19. The first-order chi connectivity index (χ1) is 12.8. The van der Waals surface area contributed by atoms with Gasteiger partial charge in [-0.2, -0.15) is 4.98 Å². The molecular formula is C19H17FN4OS. The van der Waals surface area contributed by atoms with Gasteiger partial charge in [0.2, 0.25) is 17.3 Å². The van der Waals surface area contributed by atoms with Crippen molar-refractivity contribution in [2.45, 2.75) is 24.7 Å². The summed E-state index contributed by atoms with van der Waals surface area (Å²) >= 11 is 1.52. The zero-order chi connectivity index (χ0) is 17.9. The van der Waals surface area contributed by atoms with Crippen molar-refractivity contribution < 1.29 is 9.13 Å². The third-order valence-corrected chi connectivity index (χ3v) is 5.00. The first-order valence-electron chi connectivity index (χ1n) is 8.41. The highest BCUT2D eigenvalue weighted by Gasteiger charge is 2.27. The Morgan fingerprint density at radius 2 is 1.92 bits per heavy atom. The van der Waals surface area contributed by atoms with Gasteiger partial charge in [0.1, 0.15) is 5.82 Å². The van der Waals surface area contributed by atoms with Crippen molar-refractivity contribution in [2.24, 2.45) is 0 Å². The number of ether oxygens (including phenoxy) is 1. The van der Waals surface area contributed by atoms with Gasteiger partial charge in [-0.1, -0.05) is 55.1 Å². The Morgan fingerprint density at radius 1 is 1.12 bits per heavy atom. The first-order valence-corrected chi connectivity index (χ1v) is 9.39. The van der Waals surface area contributed by atoms with Crippen LogP contribution in [0.1, 0.15) is 25.1 Å². The molecule has 1 aromatic heterocycles. The molecule has 0 radical (unpaired) electrons. The molecule has 0 saturated heterocycles. The Morgan fingerprint density at radius 3 is 2.77 bits per heavy atom. The van der Waals surface area contributed by atoms with E-state index in [2.05, 4.69) is 27.4 Å². The second kappa shape index (κ2) is 7.29. The quantitative estimate of drug-likeness (QED) is 0.675. The molecule has 0 unspecified atom stereocenters. The van der Waals surface area contributed by atoms with Gasteiger partial charge in [-0.05, 0) is 18.6 Å². The Kier molecular flexibility index (Phi) is 4.71. The highest BCUT2D eigenvalue weighted by atomic mass is 32.2. The molecule has 1 aliphatic heterocycles. The zero-order valence-corrected chi connectivity index (χ0v) is 15.0. The van der Waals surface area contributed by atoms with Gasteiger partial charge in [-0.3, -0.25) is 0 Å². The van der Waals surface area contributed by atoms with Gasteiger partial charge in [0.05, 0.1) is 0 Å². The molecule has 5 nitrogen and oxygen atoms in total. The van der Waals surface area contributed by atoms with Crippen molar-refractivity contribution in [1.82, 2.24) is 15.2 Å². The highest BCUT2D eigenvalue weighted by molar-refractivity contribution is 7.99. The number of hydrogen-bond acceptors (Lipinski definition) is 6. The molecule has 1 aliphatic rings. The summed E-state index contributed by atoms with van der Waals surface area (Å²) in [6.07, 6.45) is 0.299. The summed E-state index contributed by atoms with van der Waals surface area (Å²) in [4.78, 5) is 4.52. The lowest BCUT2D eigenvalue weighted by Crippen LogP contribution is -2.18. The molecule has 0 fully saturated rings. The molecule has 132 valence electrons. The second-order valence-electron chi connectivity index (χ2n) is 5.81. The number of para-hydroxylation sites is 1. The molecule has 7 heteroatoms. The van der Waals surface area contributed by atoms with E-state index in [9.17, 15) is 4.39 Å². The fraction of sp³-hybridized carbons (Fsp3) is 0.211. The minimum Gasteiger partial charge on any atom is -0.448 e. The maximum atomic E-state index is 14.3. The van der Waals surface area contributed by atoms with Crippen LogP contribution in [0.5, 0.6) is 5.88 Å². The monoisotopic (exact) mass is 368 g/mol. The van der Waals surface area contributed by atoms with E-state index < -0.39 is 6.23 Å². The number of thioether (sulfide) groups is 1. The van der Waals surface area contributed by atoms with Crippen LogP contribution < -0.4 is 10.1 Å². The average molecular weight is 368 g/mol. The summed E-state index contributed by atoms with van der Waals surface area (Å²) in [5.41, 5.74) is 2.59. The third kappa shape index (κ3) is 3.22. The second-order valence-corrected chi connectivity index (χ2v) is 6.87. The number of fused-ring (bicyclic) bond motifs is 3. The van der Waals surface area contributed by atoms with Gasteiger partial charge in [0.25, 0.3) is 0 Å². The van der Waals surface area contributed by atoms with Gasteiger partial charge in [0, 0.05) is 22.6 Å². The van der Waals surface area contributed by atoms with Crippen LogP contribution in [0, 0.1) is 5.82 Å². The predicted molar refractivity (Wildman–Crippen MR) is 99.7 cm³/mol. The van der Waals surface area contributed by atoms with E-state index in [1.807, 2.05) is 24.3 Å². The van der Waals surface area contributed by atoms with Crippen LogP contribution in [0.15, 0.2) is 53.7 Å². The van der Waals surface area contributed by atoms with Gasteiger partial charge >= 0.3 is 0 Å². The summed E-state index contributed by atoms with van der Waals surface area (Å²) < 4.78 is 20.4. The topological polar surface area (TPSA) is 59.9 Å². The number of aromatic nitrogens is 3. The lowest BCUT2D eigenvalue weighted by molar-refractivity contribution is 0.220.